The molecule has 1 heterocycles. The smallest absolute Gasteiger partial charge is 0.311 e. The van der Waals surface area contributed by atoms with Crippen molar-refractivity contribution in [2.45, 2.75) is 11.9 Å². The Bertz CT molecular complexity index is 420. The summed E-state index contributed by atoms with van der Waals surface area (Å²) in [6.07, 6.45) is 0.841. The average molecular weight is 206 g/mol. The van der Waals surface area contributed by atoms with Crippen LogP contribution in [0.2, 0.25) is 0 Å². The number of imidazole rings is 1. The van der Waals surface area contributed by atoms with E-state index >= 15 is 0 Å². The SMILES string of the molecule is CC(=O)Oc1ncc(S(=O)(=O)O)[nH]1. The predicted molar refractivity (Wildman–Crippen MR) is 39.7 cm³/mol. The molecule has 0 fully saturated rings. The van der Waals surface area contributed by atoms with E-state index in [0.29, 0.717) is 0 Å². The lowest BCUT2D eigenvalue weighted by Gasteiger charge is -1.92. The molecular formula is C5H6N2O5S. The van der Waals surface area contributed by atoms with E-state index in [4.69, 9.17) is 4.55 Å². The first kappa shape index (κ1) is 9.68. The second-order valence-electron chi connectivity index (χ2n) is 2.12. The van der Waals surface area contributed by atoms with E-state index in [-0.39, 0.29) is 6.01 Å². The Morgan fingerprint density at radius 2 is 2.31 bits per heavy atom. The van der Waals surface area contributed by atoms with Crippen LogP contribution in [0.15, 0.2) is 11.2 Å². The van der Waals surface area contributed by atoms with Crippen LogP contribution in [-0.4, -0.2) is 28.9 Å². The highest BCUT2D eigenvalue weighted by molar-refractivity contribution is 7.85. The number of aromatic amines is 1. The molecule has 7 nitrogen and oxygen atoms in total. The molecule has 0 atom stereocenters. The fourth-order valence-corrected chi connectivity index (χ4v) is 1.01. The zero-order valence-corrected chi connectivity index (χ0v) is 7.33. The largest absolute Gasteiger partial charge is 0.392 e. The summed E-state index contributed by atoms with van der Waals surface area (Å²) in [6.45, 7) is 1.13. The number of carbonyl (C=O) groups excluding carboxylic acids is 1. The third-order valence-electron chi connectivity index (χ3n) is 1.05. The molecule has 8 heteroatoms. The van der Waals surface area contributed by atoms with Crippen molar-refractivity contribution < 1.29 is 22.5 Å². The summed E-state index contributed by atoms with van der Waals surface area (Å²) in [5, 5.41) is -0.524. The lowest BCUT2D eigenvalue weighted by Crippen LogP contribution is -2.03. The minimum absolute atomic E-state index is 0.278. The first-order chi connectivity index (χ1) is 5.89. The topological polar surface area (TPSA) is 109 Å². The van der Waals surface area contributed by atoms with Gasteiger partial charge < -0.3 is 4.74 Å². The number of hydrogen-bond acceptors (Lipinski definition) is 5. The molecule has 72 valence electrons. The van der Waals surface area contributed by atoms with Crippen LogP contribution in [0.5, 0.6) is 6.01 Å². The third kappa shape index (κ3) is 2.53. The van der Waals surface area contributed by atoms with Crippen molar-refractivity contribution >= 4 is 16.1 Å². The number of hydrogen-bond donors (Lipinski definition) is 2. The molecule has 1 aromatic rings. The zero-order valence-electron chi connectivity index (χ0n) is 6.51. The van der Waals surface area contributed by atoms with Crippen LogP contribution in [0.25, 0.3) is 0 Å². The standard InChI is InChI=1S/C5H6N2O5S/c1-3(8)12-5-6-2-4(7-5)13(9,10)11/h2H,1H3,(H,6,7)(H,9,10,11). The molecule has 0 saturated heterocycles. The van der Waals surface area contributed by atoms with Gasteiger partial charge in [-0.25, -0.2) is 4.98 Å². The summed E-state index contributed by atoms with van der Waals surface area (Å²) < 4.78 is 33.9. The number of aromatic nitrogens is 2. The van der Waals surface area contributed by atoms with Crippen LogP contribution < -0.4 is 4.74 Å². The molecule has 2 N–H and O–H groups in total. The lowest BCUT2D eigenvalue weighted by molar-refractivity contribution is -0.132. The van der Waals surface area contributed by atoms with Gasteiger partial charge in [-0.05, 0) is 0 Å². The van der Waals surface area contributed by atoms with Gasteiger partial charge in [0, 0.05) is 6.92 Å². The number of nitrogens with one attached hydrogen (secondary N) is 1. The van der Waals surface area contributed by atoms with E-state index in [1.165, 1.54) is 0 Å². The van der Waals surface area contributed by atoms with Crippen LogP contribution in [-0.2, 0) is 14.9 Å². The van der Waals surface area contributed by atoms with Gasteiger partial charge in [0.2, 0.25) is 0 Å². The summed E-state index contributed by atoms with van der Waals surface area (Å²) in [6, 6.07) is -0.278. The highest BCUT2D eigenvalue weighted by atomic mass is 32.2. The van der Waals surface area contributed by atoms with E-state index in [1.54, 1.807) is 0 Å². The van der Waals surface area contributed by atoms with Crippen molar-refractivity contribution in [1.82, 2.24) is 9.97 Å². The van der Waals surface area contributed by atoms with Gasteiger partial charge in [-0.15, -0.1) is 0 Å². The molecule has 0 amide bonds. The molecule has 0 aliphatic carbocycles. The minimum Gasteiger partial charge on any atom is -0.392 e. The number of nitrogens with zero attached hydrogens (tertiary/aromatic N) is 1. The van der Waals surface area contributed by atoms with Crippen LogP contribution in [0.1, 0.15) is 6.92 Å². The average Bonchev–Trinajstić information content (AvgIpc) is 2.32. The van der Waals surface area contributed by atoms with Crippen LogP contribution in [0, 0.1) is 0 Å². The van der Waals surface area contributed by atoms with Crippen molar-refractivity contribution in [3.8, 4) is 6.01 Å². The highest BCUT2D eigenvalue weighted by Crippen LogP contribution is 2.09. The molecule has 0 aliphatic heterocycles. The molecule has 0 aliphatic rings. The van der Waals surface area contributed by atoms with Crippen molar-refractivity contribution in [2.24, 2.45) is 0 Å². The molecule has 0 radical (unpaired) electrons. The van der Waals surface area contributed by atoms with Gasteiger partial charge >= 0.3 is 22.1 Å². The Labute approximate surface area is 73.5 Å². The Hall–Kier alpha value is -1.41. The highest BCUT2D eigenvalue weighted by Gasteiger charge is 2.14. The molecule has 0 bridgehead atoms. The van der Waals surface area contributed by atoms with E-state index < -0.39 is 21.1 Å². The number of esters is 1. The summed E-state index contributed by atoms with van der Waals surface area (Å²) in [7, 11) is -4.33. The van der Waals surface area contributed by atoms with Gasteiger partial charge in [0.25, 0.3) is 0 Å². The van der Waals surface area contributed by atoms with E-state index in [0.717, 1.165) is 13.1 Å². The quantitative estimate of drug-likeness (QED) is 0.502. The monoisotopic (exact) mass is 206 g/mol. The Kier molecular flexibility index (Phi) is 2.34. The molecule has 0 saturated carbocycles. The number of ether oxygens (including phenoxy) is 1. The van der Waals surface area contributed by atoms with Crippen LogP contribution in [0.3, 0.4) is 0 Å². The molecular weight excluding hydrogens is 200 g/mol. The molecule has 1 rings (SSSR count). The first-order valence-electron chi connectivity index (χ1n) is 3.10. The second-order valence-corrected chi connectivity index (χ2v) is 3.51. The van der Waals surface area contributed by atoms with Gasteiger partial charge in [0.15, 0.2) is 5.03 Å². The number of carbonyl (C=O) groups is 1. The van der Waals surface area contributed by atoms with E-state index in [9.17, 15) is 13.2 Å². The van der Waals surface area contributed by atoms with Gasteiger partial charge in [-0.1, -0.05) is 0 Å². The van der Waals surface area contributed by atoms with Crippen LogP contribution >= 0.6 is 0 Å². The molecule has 0 aromatic carbocycles. The maximum atomic E-state index is 10.5. The zero-order chi connectivity index (χ0) is 10.1. The van der Waals surface area contributed by atoms with E-state index in [2.05, 4.69) is 14.7 Å². The Morgan fingerprint density at radius 3 is 2.69 bits per heavy atom. The molecule has 13 heavy (non-hydrogen) atoms. The van der Waals surface area contributed by atoms with Gasteiger partial charge in [-0.3, -0.25) is 14.3 Å². The van der Waals surface area contributed by atoms with Crippen molar-refractivity contribution in [2.75, 3.05) is 0 Å². The van der Waals surface area contributed by atoms with Crippen LogP contribution in [0.4, 0.5) is 0 Å². The summed E-state index contributed by atoms with van der Waals surface area (Å²) in [5.74, 6) is -0.642. The van der Waals surface area contributed by atoms with E-state index in [1.807, 2.05) is 0 Å². The summed E-state index contributed by atoms with van der Waals surface area (Å²) in [4.78, 5) is 15.9. The number of rotatable bonds is 2. The van der Waals surface area contributed by atoms with Crippen molar-refractivity contribution in [1.29, 1.82) is 0 Å². The Balaban J connectivity index is 2.94. The molecule has 1 aromatic heterocycles. The maximum Gasteiger partial charge on any atom is 0.311 e. The second kappa shape index (κ2) is 3.15. The third-order valence-corrected chi connectivity index (χ3v) is 1.81. The lowest BCUT2D eigenvalue weighted by atomic mass is 10.8. The number of H-pyrrole nitrogens is 1. The van der Waals surface area contributed by atoms with Gasteiger partial charge in [0.05, 0.1) is 6.20 Å². The van der Waals surface area contributed by atoms with Crippen molar-refractivity contribution in [3.05, 3.63) is 6.20 Å². The molecule has 0 unspecified atom stereocenters. The van der Waals surface area contributed by atoms with Gasteiger partial charge in [0.1, 0.15) is 0 Å². The van der Waals surface area contributed by atoms with Gasteiger partial charge in [-0.2, -0.15) is 8.42 Å². The fraction of sp³-hybridized carbons (Fsp3) is 0.200. The Morgan fingerprint density at radius 1 is 1.69 bits per heavy atom. The minimum atomic E-state index is -4.33. The maximum absolute atomic E-state index is 10.5. The first-order valence-corrected chi connectivity index (χ1v) is 4.54. The fourth-order valence-electron chi connectivity index (χ4n) is 0.606. The summed E-state index contributed by atoms with van der Waals surface area (Å²) in [5.41, 5.74) is 0. The van der Waals surface area contributed by atoms with Crippen molar-refractivity contribution in [3.63, 3.8) is 0 Å². The molecule has 0 spiro atoms. The summed E-state index contributed by atoms with van der Waals surface area (Å²) >= 11 is 0. The predicted octanol–water partition coefficient (Wildman–Crippen LogP) is -0.418. The normalized spacial score (nSPS) is 11.2.